The third-order valence-corrected chi connectivity index (χ3v) is 1.86. The molecule has 0 aliphatic carbocycles. The summed E-state index contributed by atoms with van der Waals surface area (Å²) in [6.45, 7) is 4.00. The Morgan fingerprint density at radius 2 is 1.92 bits per heavy atom. The lowest BCUT2D eigenvalue weighted by molar-refractivity contribution is 0.0693. The number of rotatable bonds is 1. The van der Waals surface area contributed by atoms with Crippen molar-refractivity contribution >= 4 is 21.9 Å². The first-order valence-corrected chi connectivity index (χ1v) is 4.63. The lowest BCUT2D eigenvalue weighted by Crippen LogP contribution is -1.96. The minimum absolute atomic E-state index is 0.0978. The Morgan fingerprint density at radius 1 is 1.38 bits per heavy atom. The van der Waals surface area contributed by atoms with Gasteiger partial charge in [0.15, 0.2) is 0 Å². The van der Waals surface area contributed by atoms with E-state index in [4.69, 9.17) is 10.2 Å². The van der Waals surface area contributed by atoms with E-state index in [2.05, 4.69) is 15.9 Å². The number of benzene rings is 1. The molecule has 1 rings (SSSR count). The molecule has 13 heavy (non-hydrogen) atoms. The number of aromatic hydroxyl groups is 1. The van der Waals surface area contributed by atoms with E-state index in [1.54, 1.807) is 12.1 Å². The second-order valence-electron chi connectivity index (χ2n) is 1.94. The Labute approximate surface area is 85.1 Å². The first kappa shape index (κ1) is 12.0. The summed E-state index contributed by atoms with van der Waals surface area (Å²) in [7, 11) is 0. The van der Waals surface area contributed by atoms with Crippen molar-refractivity contribution in [1.82, 2.24) is 0 Å². The highest BCUT2D eigenvalue weighted by Gasteiger charge is 2.10. The summed E-state index contributed by atoms with van der Waals surface area (Å²) in [5.74, 6) is -1.37. The van der Waals surface area contributed by atoms with Crippen molar-refractivity contribution in [3.8, 4) is 5.75 Å². The molecule has 0 radical (unpaired) electrons. The number of carboxylic acid groups (broad SMARTS) is 1. The summed E-state index contributed by atoms with van der Waals surface area (Å²) < 4.78 is 0.386. The lowest BCUT2D eigenvalue weighted by Gasteiger charge is -1.99. The maximum Gasteiger partial charge on any atom is 0.339 e. The van der Waals surface area contributed by atoms with Gasteiger partial charge in [-0.3, -0.25) is 0 Å². The molecule has 4 heteroatoms. The fraction of sp³-hybridized carbons (Fsp3) is 0.222. The quantitative estimate of drug-likeness (QED) is 0.802. The van der Waals surface area contributed by atoms with Crippen LogP contribution in [0.25, 0.3) is 0 Å². The maximum atomic E-state index is 10.4. The van der Waals surface area contributed by atoms with E-state index >= 15 is 0 Å². The molecule has 0 aromatic heterocycles. The molecular formula is C9H11BrO3. The molecule has 2 N–H and O–H groups in total. The van der Waals surface area contributed by atoms with E-state index < -0.39 is 5.97 Å². The molecule has 0 saturated heterocycles. The van der Waals surface area contributed by atoms with Gasteiger partial charge in [0.05, 0.1) is 4.47 Å². The van der Waals surface area contributed by atoms with Crippen LogP contribution in [0.4, 0.5) is 0 Å². The SMILES string of the molecule is CC.O=C(O)c1cccc(Br)c1O. The van der Waals surface area contributed by atoms with Crippen LogP contribution in [0.15, 0.2) is 22.7 Å². The van der Waals surface area contributed by atoms with Gasteiger partial charge in [0, 0.05) is 0 Å². The van der Waals surface area contributed by atoms with E-state index in [0.29, 0.717) is 4.47 Å². The summed E-state index contributed by atoms with van der Waals surface area (Å²) in [6.07, 6.45) is 0. The van der Waals surface area contributed by atoms with Crippen molar-refractivity contribution in [1.29, 1.82) is 0 Å². The third-order valence-electron chi connectivity index (χ3n) is 1.22. The molecule has 0 unspecified atom stereocenters. The van der Waals surface area contributed by atoms with Gasteiger partial charge < -0.3 is 10.2 Å². The second-order valence-corrected chi connectivity index (χ2v) is 2.80. The fourth-order valence-corrected chi connectivity index (χ4v) is 1.05. The van der Waals surface area contributed by atoms with Crippen LogP contribution >= 0.6 is 15.9 Å². The van der Waals surface area contributed by atoms with Gasteiger partial charge in [-0.1, -0.05) is 19.9 Å². The van der Waals surface area contributed by atoms with Crippen molar-refractivity contribution in [2.45, 2.75) is 13.8 Å². The highest BCUT2D eigenvalue weighted by molar-refractivity contribution is 9.10. The number of para-hydroxylation sites is 1. The Hall–Kier alpha value is -1.03. The minimum atomic E-state index is -1.14. The Balaban J connectivity index is 0.000000671. The molecule has 1 aromatic rings. The normalized spacial score (nSPS) is 8.54. The predicted octanol–water partition coefficient (Wildman–Crippen LogP) is 2.88. The van der Waals surface area contributed by atoms with E-state index in [-0.39, 0.29) is 11.3 Å². The molecule has 0 fully saturated rings. The van der Waals surface area contributed by atoms with Crippen LogP contribution in [0.2, 0.25) is 0 Å². The molecule has 0 bridgehead atoms. The van der Waals surface area contributed by atoms with Crippen molar-refractivity contribution in [3.63, 3.8) is 0 Å². The zero-order valence-electron chi connectivity index (χ0n) is 7.41. The van der Waals surface area contributed by atoms with Gasteiger partial charge >= 0.3 is 5.97 Å². The van der Waals surface area contributed by atoms with Crippen molar-refractivity contribution in [2.24, 2.45) is 0 Å². The van der Waals surface area contributed by atoms with E-state index in [9.17, 15) is 4.79 Å². The monoisotopic (exact) mass is 246 g/mol. The largest absolute Gasteiger partial charge is 0.506 e. The zero-order chi connectivity index (χ0) is 10.4. The summed E-state index contributed by atoms with van der Waals surface area (Å²) in [5.41, 5.74) is -0.0978. The predicted molar refractivity (Wildman–Crippen MR) is 54.1 cm³/mol. The molecule has 0 aliphatic rings. The summed E-state index contributed by atoms with van der Waals surface area (Å²) in [4.78, 5) is 10.4. The summed E-state index contributed by atoms with van der Waals surface area (Å²) in [5, 5.41) is 17.6. The molecule has 0 aliphatic heterocycles. The van der Waals surface area contributed by atoms with Crippen molar-refractivity contribution in [2.75, 3.05) is 0 Å². The van der Waals surface area contributed by atoms with Gasteiger partial charge in [-0.15, -0.1) is 0 Å². The van der Waals surface area contributed by atoms with Gasteiger partial charge in [-0.25, -0.2) is 4.79 Å². The number of phenols is 1. The van der Waals surface area contributed by atoms with Crippen molar-refractivity contribution in [3.05, 3.63) is 28.2 Å². The van der Waals surface area contributed by atoms with Crippen molar-refractivity contribution < 1.29 is 15.0 Å². The molecule has 0 spiro atoms. The molecule has 72 valence electrons. The topological polar surface area (TPSA) is 57.5 Å². The van der Waals surface area contributed by atoms with Crippen LogP contribution in [-0.2, 0) is 0 Å². The second kappa shape index (κ2) is 5.59. The zero-order valence-corrected chi connectivity index (χ0v) is 9.00. The molecule has 0 heterocycles. The van der Waals surface area contributed by atoms with Gasteiger partial charge in [-0.05, 0) is 28.1 Å². The number of aromatic carboxylic acids is 1. The average Bonchev–Trinajstić information content (AvgIpc) is 2.13. The molecule has 1 aromatic carbocycles. The summed E-state index contributed by atoms with van der Waals surface area (Å²) in [6, 6.07) is 4.46. The van der Waals surface area contributed by atoms with E-state index in [1.807, 2.05) is 13.8 Å². The highest BCUT2D eigenvalue weighted by atomic mass is 79.9. The smallest absolute Gasteiger partial charge is 0.339 e. The average molecular weight is 247 g/mol. The Bertz CT molecular complexity index is 297. The minimum Gasteiger partial charge on any atom is -0.506 e. The molecule has 3 nitrogen and oxygen atoms in total. The van der Waals surface area contributed by atoms with Crippen LogP contribution in [0.1, 0.15) is 24.2 Å². The number of hydrogen-bond donors (Lipinski definition) is 2. The lowest BCUT2D eigenvalue weighted by atomic mass is 10.2. The van der Waals surface area contributed by atoms with Gasteiger partial charge in [-0.2, -0.15) is 0 Å². The highest BCUT2D eigenvalue weighted by Crippen LogP contribution is 2.26. The number of halogens is 1. The van der Waals surface area contributed by atoms with Crippen LogP contribution in [-0.4, -0.2) is 16.2 Å². The van der Waals surface area contributed by atoms with Gasteiger partial charge in [0.1, 0.15) is 11.3 Å². The standard InChI is InChI=1S/C7H5BrO3.C2H6/c8-5-3-1-2-4(6(5)9)7(10)11;1-2/h1-3,9H,(H,10,11);1-2H3. The molecular weight excluding hydrogens is 236 g/mol. The van der Waals surface area contributed by atoms with Crippen LogP contribution in [0.3, 0.4) is 0 Å². The van der Waals surface area contributed by atoms with E-state index in [0.717, 1.165) is 0 Å². The molecule has 0 saturated carbocycles. The fourth-order valence-electron chi connectivity index (χ4n) is 0.688. The number of carbonyl (C=O) groups is 1. The van der Waals surface area contributed by atoms with Crippen LogP contribution in [0.5, 0.6) is 5.75 Å². The first-order valence-electron chi connectivity index (χ1n) is 3.83. The third kappa shape index (κ3) is 3.06. The van der Waals surface area contributed by atoms with Gasteiger partial charge in [0.2, 0.25) is 0 Å². The van der Waals surface area contributed by atoms with Crippen LogP contribution in [0, 0.1) is 0 Å². The molecule has 0 amide bonds. The van der Waals surface area contributed by atoms with Gasteiger partial charge in [0.25, 0.3) is 0 Å². The molecule has 0 atom stereocenters. The number of carboxylic acids is 1. The maximum absolute atomic E-state index is 10.4. The number of hydrogen-bond acceptors (Lipinski definition) is 2. The van der Waals surface area contributed by atoms with Crippen LogP contribution < -0.4 is 0 Å². The first-order chi connectivity index (χ1) is 6.13. The van der Waals surface area contributed by atoms with E-state index in [1.165, 1.54) is 6.07 Å². The summed E-state index contributed by atoms with van der Waals surface area (Å²) >= 11 is 3.00. The Kier molecular flexibility index (Phi) is 5.14. The Morgan fingerprint density at radius 3 is 2.31 bits per heavy atom.